The number of nitrogens with two attached hydrogens (primary N) is 1. The van der Waals surface area contributed by atoms with Crippen molar-refractivity contribution in [3.63, 3.8) is 0 Å². The first kappa shape index (κ1) is 14.0. The van der Waals surface area contributed by atoms with Crippen molar-refractivity contribution < 1.29 is 4.79 Å². The average Bonchev–Trinajstić information content (AvgIpc) is 2.70. The van der Waals surface area contributed by atoms with Crippen LogP contribution in [0.4, 0.5) is 0 Å². The van der Waals surface area contributed by atoms with Crippen molar-refractivity contribution in [3.8, 4) is 0 Å². The first-order valence-electron chi connectivity index (χ1n) is 5.45. The third kappa shape index (κ3) is 3.71. The van der Waals surface area contributed by atoms with Gasteiger partial charge in [-0.25, -0.2) is 9.67 Å². The SMILES string of the molecule is CNC(C)(CCCSc1ncnn1C)C(N)=O. The third-order valence-electron chi connectivity index (χ3n) is 2.82. The molecule has 1 unspecified atom stereocenters. The van der Waals surface area contributed by atoms with Gasteiger partial charge in [-0.3, -0.25) is 4.79 Å². The molecule has 0 spiro atoms. The van der Waals surface area contributed by atoms with Crippen LogP contribution in [0.3, 0.4) is 0 Å². The summed E-state index contributed by atoms with van der Waals surface area (Å²) in [4.78, 5) is 15.4. The molecule has 1 amide bonds. The van der Waals surface area contributed by atoms with Crippen molar-refractivity contribution >= 4 is 17.7 Å². The summed E-state index contributed by atoms with van der Waals surface area (Å²) in [5.74, 6) is 0.570. The minimum atomic E-state index is -0.625. The lowest BCUT2D eigenvalue weighted by molar-refractivity contribution is -0.123. The smallest absolute Gasteiger partial charge is 0.237 e. The van der Waals surface area contributed by atoms with Crippen LogP contribution >= 0.6 is 11.8 Å². The van der Waals surface area contributed by atoms with Gasteiger partial charge in [0.05, 0.1) is 5.54 Å². The van der Waals surface area contributed by atoms with Crippen molar-refractivity contribution in [1.29, 1.82) is 0 Å². The summed E-state index contributed by atoms with van der Waals surface area (Å²) >= 11 is 1.63. The molecule has 1 heterocycles. The maximum Gasteiger partial charge on any atom is 0.237 e. The Morgan fingerprint density at radius 2 is 2.41 bits per heavy atom. The summed E-state index contributed by atoms with van der Waals surface area (Å²) < 4.78 is 1.73. The van der Waals surface area contributed by atoms with Gasteiger partial charge in [0.15, 0.2) is 5.16 Å². The van der Waals surface area contributed by atoms with Crippen LogP contribution in [0.1, 0.15) is 19.8 Å². The van der Waals surface area contributed by atoms with E-state index in [0.717, 1.165) is 17.3 Å². The van der Waals surface area contributed by atoms with Gasteiger partial charge >= 0.3 is 0 Å². The summed E-state index contributed by atoms with van der Waals surface area (Å²) in [6.45, 7) is 1.82. The van der Waals surface area contributed by atoms with E-state index < -0.39 is 5.54 Å². The van der Waals surface area contributed by atoms with Crippen LogP contribution in [-0.4, -0.2) is 39.0 Å². The fraction of sp³-hybridized carbons (Fsp3) is 0.700. The molecule has 0 saturated heterocycles. The van der Waals surface area contributed by atoms with E-state index in [0.29, 0.717) is 6.42 Å². The second-order valence-corrected chi connectivity index (χ2v) is 5.13. The van der Waals surface area contributed by atoms with Gasteiger partial charge in [0, 0.05) is 12.8 Å². The molecule has 1 rings (SSSR count). The zero-order chi connectivity index (χ0) is 12.9. The number of primary amides is 1. The Balaban J connectivity index is 2.33. The number of hydrogen-bond donors (Lipinski definition) is 2. The molecule has 7 heteroatoms. The third-order valence-corrected chi connectivity index (χ3v) is 3.94. The van der Waals surface area contributed by atoms with Crippen molar-refractivity contribution in [3.05, 3.63) is 6.33 Å². The predicted molar refractivity (Wildman–Crippen MR) is 67.6 cm³/mol. The molecule has 0 aromatic carbocycles. The molecule has 0 fully saturated rings. The number of carbonyl (C=O) groups excluding carboxylic acids is 1. The second-order valence-electron chi connectivity index (χ2n) is 4.06. The number of aryl methyl sites for hydroxylation is 1. The Kier molecular flexibility index (Phi) is 4.95. The second kappa shape index (κ2) is 6.02. The first-order valence-corrected chi connectivity index (χ1v) is 6.44. The Hall–Kier alpha value is -1.08. The van der Waals surface area contributed by atoms with Crippen LogP contribution in [0.2, 0.25) is 0 Å². The number of nitrogens with one attached hydrogen (secondary N) is 1. The number of thioether (sulfide) groups is 1. The van der Waals surface area contributed by atoms with Crippen LogP contribution in [0, 0.1) is 0 Å². The van der Waals surface area contributed by atoms with Gasteiger partial charge in [-0.15, -0.1) is 0 Å². The van der Waals surface area contributed by atoms with Gasteiger partial charge in [-0.1, -0.05) is 11.8 Å². The molecule has 6 nitrogen and oxygen atoms in total. The Morgan fingerprint density at radius 1 is 1.71 bits per heavy atom. The molecule has 1 aromatic heterocycles. The normalized spacial score (nSPS) is 14.5. The highest BCUT2D eigenvalue weighted by molar-refractivity contribution is 7.99. The molecule has 0 aliphatic rings. The Labute approximate surface area is 105 Å². The van der Waals surface area contributed by atoms with Gasteiger partial charge in [-0.05, 0) is 26.8 Å². The van der Waals surface area contributed by atoms with E-state index in [2.05, 4.69) is 15.4 Å². The van der Waals surface area contributed by atoms with Crippen molar-refractivity contribution in [1.82, 2.24) is 20.1 Å². The Bertz CT molecular complexity index is 381. The lowest BCUT2D eigenvalue weighted by atomic mass is 9.96. The standard InChI is InChI=1S/C10H19N5OS/c1-10(12-2,8(11)16)5-4-6-17-9-13-7-14-15(9)3/h7,12H,4-6H2,1-3H3,(H2,11,16). The van der Waals surface area contributed by atoms with Crippen LogP contribution in [0.15, 0.2) is 11.5 Å². The van der Waals surface area contributed by atoms with Crippen LogP contribution < -0.4 is 11.1 Å². The van der Waals surface area contributed by atoms with E-state index >= 15 is 0 Å². The van der Waals surface area contributed by atoms with Crippen molar-refractivity contribution in [2.75, 3.05) is 12.8 Å². The van der Waals surface area contributed by atoms with E-state index in [9.17, 15) is 4.79 Å². The summed E-state index contributed by atoms with van der Waals surface area (Å²) in [5.41, 5.74) is 4.72. The number of rotatable bonds is 7. The minimum absolute atomic E-state index is 0.316. The average molecular weight is 257 g/mol. The Morgan fingerprint density at radius 3 is 2.88 bits per heavy atom. The zero-order valence-electron chi connectivity index (χ0n) is 10.4. The number of hydrogen-bond acceptors (Lipinski definition) is 5. The zero-order valence-corrected chi connectivity index (χ0v) is 11.3. The quantitative estimate of drug-likeness (QED) is 0.536. The van der Waals surface area contributed by atoms with Gasteiger partial charge in [0.1, 0.15) is 6.33 Å². The molecule has 0 aliphatic heterocycles. The number of aromatic nitrogens is 3. The summed E-state index contributed by atoms with van der Waals surface area (Å²) in [6.07, 6.45) is 3.13. The maximum atomic E-state index is 11.3. The number of amides is 1. The number of carbonyl (C=O) groups is 1. The summed E-state index contributed by atoms with van der Waals surface area (Å²) in [6, 6.07) is 0. The summed E-state index contributed by atoms with van der Waals surface area (Å²) in [5, 5.41) is 7.84. The van der Waals surface area contributed by atoms with Crippen molar-refractivity contribution in [2.45, 2.75) is 30.5 Å². The molecule has 0 saturated carbocycles. The largest absolute Gasteiger partial charge is 0.368 e. The van der Waals surface area contributed by atoms with Crippen LogP contribution in [0.25, 0.3) is 0 Å². The van der Waals surface area contributed by atoms with Gasteiger partial charge in [-0.2, -0.15) is 5.10 Å². The van der Waals surface area contributed by atoms with Gasteiger partial charge < -0.3 is 11.1 Å². The maximum absolute atomic E-state index is 11.3. The highest BCUT2D eigenvalue weighted by Gasteiger charge is 2.27. The molecule has 96 valence electrons. The van der Waals surface area contributed by atoms with Crippen molar-refractivity contribution in [2.24, 2.45) is 12.8 Å². The van der Waals surface area contributed by atoms with E-state index in [1.807, 2.05) is 14.0 Å². The highest BCUT2D eigenvalue weighted by atomic mass is 32.2. The van der Waals surface area contributed by atoms with E-state index in [1.54, 1.807) is 23.5 Å². The minimum Gasteiger partial charge on any atom is -0.368 e. The van der Waals surface area contributed by atoms with Crippen LogP contribution in [-0.2, 0) is 11.8 Å². The molecule has 1 atom stereocenters. The fourth-order valence-corrected chi connectivity index (χ4v) is 2.20. The molecule has 17 heavy (non-hydrogen) atoms. The topological polar surface area (TPSA) is 85.8 Å². The molecule has 3 N–H and O–H groups in total. The monoisotopic (exact) mass is 257 g/mol. The number of likely N-dealkylation sites (N-methyl/N-ethyl adjacent to an activating group) is 1. The van der Waals surface area contributed by atoms with E-state index in [1.165, 1.54) is 6.33 Å². The lowest BCUT2D eigenvalue weighted by Gasteiger charge is -2.25. The van der Waals surface area contributed by atoms with E-state index in [-0.39, 0.29) is 5.91 Å². The molecule has 0 bridgehead atoms. The molecule has 0 aliphatic carbocycles. The van der Waals surface area contributed by atoms with Gasteiger partial charge in [0.25, 0.3) is 0 Å². The molecule has 1 aromatic rings. The highest BCUT2D eigenvalue weighted by Crippen LogP contribution is 2.18. The molecular formula is C10H19N5OS. The summed E-state index contributed by atoms with van der Waals surface area (Å²) in [7, 11) is 3.61. The van der Waals surface area contributed by atoms with Gasteiger partial charge in [0.2, 0.25) is 5.91 Å². The number of nitrogens with zero attached hydrogens (tertiary/aromatic N) is 3. The fourth-order valence-electron chi connectivity index (χ4n) is 1.38. The van der Waals surface area contributed by atoms with E-state index in [4.69, 9.17) is 5.73 Å². The van der Waals surface area contributed by atoms with Crippen LogP contribution in [0.5, 0.6) is 0 Å². The predicted octanol–water partition coefficient (Wildman–Crippen LogP) is 0.151. The lowest BCUT2D eigenvalue weighted by Crippen LogP contribution is -2.51. The molecule has 0 radical (unpaired) electrons. The molecular weight excluding hydrogens is 238 g/mol. The first-order chi connectivity index (χ1) is 7.99.